The van der Waals surface area contributed by atoms with E-state index >= 15 is 0 Å². The van der Waals surface area contributed by atoms with Gasteiger partial charge in [0.05, 0.1) is 5.69 Å². The van der Waals surface area contributed by atoms with Gasteiger partial charge in [-0.25, -0.2) is 14.5 Å². The summed E-state index contributed by atoms with van der Waals surface area (Å²) in [6.45, 7) is 3.31. The number of aromatic hydroxyl groups is 1. The minimum Gasteiger partial charge on any atom is -0.506 e. The first-order chi connectivity index (χ1) is 11.1. The number of benzene rings is 2. The second-order valence-electron chi connectivity index (χ2n) is 4.88. The molecule has 116 valence electrons. The molecule has 0 aromatic heterocycles. The Kier molecular flexibility index (Phi) is 3.72. The van der Waals surface area contributed by atoms with Crippen molar-refractivity contribution in [2.24, 2.45) is 0 Å². The molecule has 1 aliphatic heterocycles. The molecule has 0 saturated carbocycles. The molecule has 1 unspecified atom stereocenters. The Morgan fingerprint density at radius 2 is 1.96 bits per heavy atom. The number of ether oxygens (including phenoxy) is 1. The number of anilines is 1. The van der Waals surface area contributed by atoms with Gasteiger partial charge in [0.2, 0.25) is 0 Å². The summed E-state index contributed by atoms with van der Waals surface area (Å²) in [6, 6.07) is 14.0. The first kappa shape index (κ1) is 14.6. The fourth-order valence-electron chi connectivity index (χ4n) is 2.28. The van der Waals surface area contributed by atoms with Gasteiger partial charge in [-0.15, -0.1) is 0 Å². The van der Waals surface area contributed by atoms with Crippen LogP contribution in [0.3, 0.4) is 0 Å². The highest BCUT2D eigenvalue weighted by Gasteiger charge is 2.40. The SMILES string of the molecule is C=CC(=O)OC1NC(=O)N1c1cc(-c2ccccc2)ccc1O. The van der Waals surface area contributed by atoms with E-state index in [9.17, 15) is 14.7 Å². The molecule has 1 atom stereocenters. The Morgan fingerprint density at radius 1 is 1.22 bits per heavy atom. The van der Waals surface area contributed by atoms with Gasteiger partial charge < -0.3 is 9.84 Å². The van der Waals surface area contributed by atoms with Gasteiger partial charge in [0.25, 0.3) is 6.35 Å². The molecule has 0 spiro atoms. The van der Waals surface area contributed by atoms with Crippen molar-refractivity contribution >= 4 is 17.7 Å². The van der Waals surface area contributed by atoms with Crippen LogP contribution in [0, 0.1) is 0 Å². The number of phenolic OH excluding ortho intramolecular Hbond substituents is 1. The monoisotopic (exact) mass is 310 g/mol. The van der Waals surface area contributed by atoms with E-state index in [0.717, 1.165) is 17.2 Å². The van der Waals surface area contributed by atoms with Crippen LogP contribution in [0.5, 0.6) is 5.75 Å². The molecule has 1 saturated heterocycles. The number of amides is 2. The second kappa shape index (κ2) is 5.84. The van der Waals surface area contributed by atoms with Gasteiger partial charge in [-0.3, -0.25) is 5.32 Å². The van der Waals surface area contributed by atoms with Crippen LogP contribution in [-0.4, -0.2) is 23.5 Å². The Labute approximate surface area is 132 Å². The Bertz CT molecular complexity index is 773. The smallest absolute Gasteiger partial charge is 0.333 e. The third kappa shape index (κ3) is 2.74. The molecular weight excluding hydrogens is 296 g/mol. The lowest BCUT2D eigenvalue weighted by Crippen LogP contribution is -2.67. The average molecular weight is 310 g/mol. The molecule has 1 aliphatic rings. The highest BCUT2D eigenvalue weighted by atomic mass is 16.6. The number of rotatable bonds is 4. The fourth-order valence-corrected chi connectivity index (χ4v) is 2.28. The number of nitrogens with zero attached hydrogens (tertiary/aromatic N) is 1. The van der Waals surface area contributed by atoms with E-state index < -0.39 is 18.4 Å². The zero-order valence-corrected chi connectivity index (χ0v) is 12.1. The summed E-state index contributed by atoms with van der Waals surface area (Å²) in [5, 5.41) is 12.5. The standard InChI is InChI=1S/C17H14N2O4/c1-2-15(21)23-17-18-16(22)19(17)13-10-12(8-9-14(13)20)11-6-4-3-5-7-11/h2-10,17,20H,1H2,(H,18,22). The Morgan fingerprint density at radius 3 is 2.61 bits per heavy atom. The lowest BCUT2D eigenvalue weighted by molar-refractivity contribution is -0.145. The summed E-state index contributed by atoms with van der Waals surface area (Å²) >= 11 is 0. The molecule has 0 radical (unpaired) electrons. The summed E-state index contributed by atoms with van der Waals surface area (Å²) in [5.74, 6) is -0.752. The molecule has 1 heterocycles. The molecule has 0 bridgehead atoms. The number of esters is 1. The van der Waals surface area contributed by atoms with E-state index in [-0.39, 0.29) is 11.4 Å². The molecule has 23 heavy (non-hydrogen) atoms. The van der Waals surface area contributed by atoms with Gasteiger partial charge in [-0.1, -0.05) is 43.0 Å². The largest absolute Gasteiger partial charge is 0.506 e. The molecule has 2 amide bonds. The van der Waals surface area contributed by atoms with Crippen LogP contribution in [0.4, 0.5) is 10.5 Å². The summed E-state index contributed by atoms with van der Waals surface area (Å²) in [4.78, 5) is 24.3. The molecule has 1 fully saturated rings. The maximum Gasteiger partial charge on any atom is 0.333 e. The van der Waals surface area contributed by atoms with Gasteiger partial charge in [0, 0.05) is 6.08 Å². The molecule has 0 aliphatic carbocycles. The zero-order chi connectivity index (χ0) is 16.4. The molecule has 3 rings (SSSR count). The van der Waals surface area contributed by atoms with Crippen molar-refractivity contribution in [1.29, 1.82) is 0 Å². The van der Waals surface area contributed by atoms with Crippen molar-refractivity contribution in [3.05, 3.63) is 61.2 Å². The third-order valence-electron chi connectivity index (χ3n) is 3.44. The van der Waals surface area contributed by atoms with Crippen molar-refractivity contribution < 1.29 is 19.4 Å². The second-order valence-corrected chi connectivity index (χ2v) is 4.88. The van der Waals surface area contributed by atoms with E-state index in [4.69, 9.17) is 4.74 Å². The molecule has 6 nitrogen and oxygen atoms in total. The Hall–Kier alpha value is -3.28. The fraction of sp³-hybridized carbons (Fsp3) is 0.0588. The van der Waals surface area contributed by atoms with Crippen molar-refractivity contribution in [2.75, 3.05) is 4.90 Å². The Balaban J connectivity index is 1.94. The summed E-state index contributed by atoms with van der Waals surface area (Å²) in [5.41, 5.74) is 2.03. The quantitative estimate of drug-likeness (QED) is 0.672. The number of nitrogens with one attached hydrogen (secondary N) is 1. The van der Waals surface area contributed by atoms with Crippen LogP contribution < -0.4 is 10.2 Å². The van der Waals surface area contributed by atoms with Crippen LogP contribution in [-0.2, 0) is 9.53 Å². The predicted molar refractivity (Wildman–Crippen MR) is 84.6 cm³/mol. The van der Waals surface area contributed by atoms with E-state index in [2.05, 4.69) is 11.9 Å². The number of urea groups is 1. The maximum atomic E-state index is 11.8. The van der Waals surface area contributed by atoms with Crippen molar-refractivity contribution in [3.63, 3.8) is 0 Å². The van der Waals surface area contributed by atoms with Crippen LogP contribution in [0.1, 0.15) is 0 Å². The van der Waals surface area contributed by atoms with Crippen molar-refractivity contribution in [3.8, 4) is 16.9 Å². The topological polar surface area (TPSA) is 78.9 Å². The third-order valence-corrected chi connectivity index (χ3v) is 3.44. The van der Waals surface area contributed by atoms with E-state index in [1.807, 2.05) is 30.3 Å². The van der Waals surface area contributed by atoms with E-state index in [1.54, 1.807) is 12.1 Å². The zero-order valence-electron chi connectivity index (χ0n) is 12.1. The van der Waals surface area contributed by atoms with Crippen LogP contribution in [0.2, 0.25) is 0 Å². The van der Waals surface area contributed by atoms with Gasteiger partial charge in [-0.2, -0.15) is 0 Å². The summed E-state index contributed by atoms with van der Waals surface area (Å²) < 4.78 is 5.00. The molecule has 2 aromatic carbocycles. The number of hydrogen-bond acceptors (Lipinski definition) is 4. The van der Waals surface area contributed by atoms with Crippen LogP contribution in [0.25, 0.3) is 11.1 Å². The first-order valence-electron chi connectivity index (χ1n) is 6.91. The minimum atomic E-state index is -0.968. The number of phenols is 1. The van der Waals surface area contributed by atoms with Gasteiger partial charge in [-0.05, 0) is 23.3 Å². The minimum absolute atomic E-state index is 0.0841. The highest BCUT2D eigenvalue weighted by molar-refractivity contribution is 6.01. The van der Waals surface area contributed by atoms with E-state index in [0.29, 0.717) is 0 Å². The van der Waals surface area contributed by atoms with E-state index in [1.165, 1.54) is 11.0 Å². The molecular formula is C17H14N2O4. The van der Waals surface area contributed by atoms with Gasteiger partial charge in [0.15, 0.2) is 0 Å². The van der Waals surface area contributed by atoms with Crippen LogP contribution >= 0.6 is 0 Å². The number of carbonyl (C=O) groups excluding carboxylic acids is 2. The highest BCUT2D eigenvalue weighted by Crippen LogP contribution is 2.35. The first-order valence-corrected chi connectivity index (χ1v) is 6.91. The predicted octanol–water partition coefficient (Wildman–Crippen LogP) is 2.60. The molecule has 2 N–H and O–H groups in total. The van der Waals surface area contributed by atoms with Crippen LogP contribution in [0.15, 0.2) is 61.2 Å². The number of carbonyl (C=O) groups is 2. The lowest BCUT2D eigenvalue weighted by Gasteiger charge is -2.39. The summed E-state index contributed by atoms with van der Waals surface area (Å²) in [7, 11) is 0. The van der Waals surface area contributed by atoms with Crippen molar-refractivity contribution in [2.45, 2.75) is 6.35 Å². The van der Waals surface area contributed by atoms with Gasteiger partial charge in [0.1, 0.15) is 5.75 Å². The van der Waals surface area contributed by atoms with Crippen molar-refractivity contribution in [1.82, 2.24) is 5.32 Å². The normalized spacial score (nSPS) is 16.3. The lowest BCUT2D eigenvalue weighted by atomic mass is 10.0. The maximum absolute atomic E-state index is 11.8. The molecule has 6 heteroatoms. The number of hydrogen-bond donors (Lipinski definition) is 2. The molecule has 2 aromatic rings. The average Bonchev–Trinajstić information content (AvgIpc) is 2.57. The van der Waals surface area contributed by atoms with Gasteiger partial charge >= 0.3 is 12.0 Å². The summed E-state index contributed by atoms with van der Waals surface area (Å²) in [6.07, 6.45) is 0.0352.